The van der Waals surface area contributed by atoms with E-state index in [1.165, 1.54) is 0 Å². The van der Waals surface area contributed by atoms with Crippen LogP contribution in [0.3, 0.4) is 0 Å². The van der Waals surface area contributed by atoms with E-state index in [2.05, 4.69) is 10.5 Å². The van der Waals surface area contributed by atoms with Crippen molar-refractivity contribution in [1.82, 2.24) is 5.16 Å². The van der Waals surface area contributed by atoms with Crippen LogP contribution in [0, 0.1) is 6.92 Å². The van der Waals surface area contributed by atoms with Crippen molar-refractivity contribution in [3.8, 4) is 22.5 Å². The molecule has 0 spiro atoms. The second kappa shape index (κ2) is 10.1. The van der Waals surface area contributed by atoms with Crippen molar-refractivity contribution in [2.24, 2.45) is 0 Å². The van der Waals surface area contributed by atoms with Crippen LogP contribution in [-0.2, 0) is 21.4 Å². The fourth-order valence-electron chi connectivity index (χ4n) is 4.35. The predicted molar refractivity (Wildman–Crippen MR) is 141 cm³/mol. The Hall–Kier alpha value is -4.10. The van der Waals surface area contributed by atoms with E-state index in [0.29, 0.717) is 41.4 Å². The number of carboxylic acids is 1. The Morgan fingerprint density at radius 2 is 1.68 bits per heavy atom. The Morgan fingerprint density at radius 3 is 2.30 bits per heavy atom. The third kappa shape index (κ3) is 5.22. The van der Waals surface area contributed by atoms with Gasteiger partial charge in [0.15, 0.2) is 5.76 Å². The van der Waals surface area contributed by atoms with Crippen molar-refractivity contribution in [3.63, 3.8) is 0 Å². The Morgan fingerprint density at radius 1 is 1.03 bits per heavy atom. The summed E-state index contributed by atoms with van der Waals surface area (Å²) in [5.74, 6) is -0.329. The molecule has 0 unspecified atom stereocenters. The number of aromatic nitrogens is 1. The zero-order valence-electron chi connectivity index (χ0n) is 20.2. The first-order chi connectivity index (χ1) is 17.9. The largest absolute Gasteiger partial charge is 0.481 e. The summed E-state index contributed by atoms with van der Waals surface area (Å²) in [4.78, 5) is 24.0. The van der Waals surface area contributed by atoms with Crippen molar-refractivity contribution in [2.45, 2.75) is 31.6 Å². The molecule has 1 aromatic heterocycles. The summed E-state index contributed by atoms with van der Waals surface area (Å²) in [6, 6.07) is 22.7. The molecule has 2 N–H and O–H groups in total. The summed E-state index contributed by atoms with van der Waals surface area (Å²) >= 11 is 6.00. The summed E-state index contributed by atoms with van der Waals surface area (Å²) in [5.41, 5.74) is 4.79. The average molecular weight is 517 g/mol. The molecule has 4 aromatic rings. The van der Waals surface area contributed by atoms with Gasteiger partial charge in [0.1, 0.15) is 11.4 Å². The zero-order valence-corrected chi connectivity index (χ0v) is 20.9. The van der Waals surface area contributed by atoms with Gasteiger partial charge in [0.25, 0.3) is 0 Å². The number of aryl methyl sites for hydroxylation is 1. The number of nitrogens with one attached hydrogen (secondary N) is 1. The Bertz CT molecular complexity index is 1440. The molecular formula is C29H25ClN2O5. The van der Waals surface area contributed by atoms with E-state index in [1.807, 2.05) is 66.7 Å². The van der Waals surface area contributed by atoms with Crippen molar-refractivity contribution in [3.05, 3.63) is 94.6 Å². The molecule has 1 heterocycles. The van der Waals surface area contributed by atoms with Gasteiger partial charge in [-0.2, -0.15) is 0 Å². The van der Waals surface area contributed by atoms with E-state index in [4.69, 9.17) is 20.9 Å². The number of amides is 1. The fourth-order valence-corrected chi connectivity index (χ4v) is 4.57. The quantitative estimate of drug-likeness (QED) is 0.265. The van der Waals surface area contributed by atoms with Gasteiger partial charge < -0.3 is 14.4 Å². The molecule has 5 rings (SSSR count). The molecule has 188 valence electrons. The topological polar surface area (TPSA) is 102 Å². The Labute approximate surface area is 219 Å². The maximum Gasteiger partial charge on any atom is 0.411 e. The summed E-state index contributed by atoms with van der Waals surface area (Å²) in [7, 11) is 0. The standard InChI is InChI=1S/C29H25ClN2O5/c1-18-25(31-28(35)36-16-13-19-3-2-4-24(30)17-19)26(37-32-18)22-7-5-20(6-8-22)21-9-11-23(12-10-21)29(14-15-29)27(33)34/h2-12,17H,13-16H2,1H3,(H,31,35)(H,33,34). The number of carbonyl (C=O) groups is 2. The summed E-state index contributed by atoms with van der Waals surface area (Å²) in [6.07, 6.45) is 1.31. The molecule has 0 aliphatic heterocycles. The van der Waals surface area contributed by atoms with Gasteiger partial charge in [-0.15, -0.1) is 0 Å². The first-order valence-electron chi connectivity index (χ1n) is 11.9. The second-order valence-electron chi connectivity index (χ2n) is 9.15. The SMILES string of the molecule is Cc1noc(-c2ccc(-c3ccc(C4(C(=O)O)CC4)cc3)cc2)c1NC(=O)OCCc1cccc(Cl)c1. The molecule has 1 saturated carbocycles. The highest BCUT2D eigenvalue weighted by atomic mass is 35.5. The monoisotopic (exact) mass is 516 g/mol. The van der Waals surface area contributed by atoms with Crippen LogP contribution in [0.1, 0.15) is 29.7 Å². The van der Waals surface area contributed by atoms with Crippen molar-refractivity contribution < 1.29 is 24.0 Å². The molecular weight excluding hydrogens is 492 g/mol. The molecule has 1 aliphatic carbocycles. The Kier molecular flexibility index (Phi) is 6.72. The van der Waals surface area contributed by atoms with E-state index < -0.39 is 17.5 Å². The highest BCUT2D eigenvalue weighted by Gasteiger charge is 2.51. The predicted octanol–water partition coefficient (Wildman–Crippen LogP) is 6.88. The van der Waals surface area contributed by atoms with E-state index in [0.717, 1.165) is 27.8 Å². The lowest BCUT2D eigenvalue weighted by atomic mass is 9.93. The number of carbonyl (C=O) groups excluding carboxylic acids is 1. The van der Waals surface area contributed by atoms with Crippen LogP contribution < -0.4 is 5.32 Å². The normalized spacial score (nSPS) is 13.7. The first kappa shape index (κ1) is 24.6. The average Bonchev–Trinajstić information content (AvgIpc) is 3.64. The molecule has 0 atom stereocenters. The molecule has 7 nitrogen and oxygen atoms in total. The minimum atomic E-state index is -0.763. The van der Waals surface area contributed by atoms with E-state index in [9.17, 15) is 14.7 Å². The number of anilines is 1. The van der Waals surface area contributed by atoms with Gasteiger partial charge in [-0.05, 0) is 54.2 Å². The van der Waals surface area contributed by atoms with Crippen LogP contribution in [0.5, 0.6) is 0 Å². The molecule has 1 amide bonds. The van der Waals surface area contributed by atoms with Gasteiger partial charge in [-0.1, -0.05) is 77.4 Å². The molecule has 1 aliphatic rings. The van der Waals surface area contributed by atoms with Gasteiger partial charge >= 0.3 is 12.1 Å². The number of carboxylic acid groups (broad SMARTS) is 1. The third-order valence-electron chi connectivity index (χ3n) is 6.68. The lowest BCUT2D eigenvalue weighted by molar-refractivity contribution is -0.140. The van der Waals surface area contributed by atoms with Crippen molar-refractivity contribution in [2.75, 3.05) is 11.9 Å². The minimum absolute atomic E-state index is 0.201. The van der Waals surface area contributed by atoms with E-state index in [-0.39, 0.29) is 6.61 Å². The van der Waals surface area contributed by atoms with Crippen LogP contribution in [0.4, 0.5) is 10.5 Å². The smallest absolute Gasteiger partial charge is 0.411 e. The number of rotatable bonds is 8. The number of halogens is 1. The molecule has 0 radical (unpaired) electrons. The third-order valence-corrected chi connectivity index (χ3v) is 6.92. The first-order valence-corrected chi connectivity index (χ1v) is 12.3. The van der Waals surface area contributed by atoms with Crippen LogP contribution in [0.15, 0.2) is 77.3 Å². The van der Waals surface area contributed by atoms with Crippen molar-refractivity contribution in [1.29, 1.82) is 0 Å². The molecule has 37 heavy (non-hydrogen) atoms. The van der Waals surface area contributed by atoms with E-state index in [1.54, 1.807) is 13.0 Å². The van der Waals surface area contributed by atoms with Gasteiger partial charge in [0, 0.05) is 17.0 Å². The fraction of sp³-hybridized carbons (Fsp3) is 0.207. The van der Waals surface area contributed by atoms with Crippen LogP contribution in [0.2, 0.25) is 5.02 Å². The highest BCUT2D eigenvalue weighted by Crippen LogP contribution is 2.48. The lowest BCUT2D eigenvalue weighted by Gasteiger charge is -2.11. The van der Waals surface area contributed by atoms with Gasteiger partial charge in [0.05, 0.1) is 12.0 Å². The number of hydrogen-bond donors (Lipinski definition) is 2. The van der Waals surface area contributed by atoms with Crippen LogP contribution >= 0.6 is 11.6 Å². The maximum absolute atomic E-state index is 12.4. The van der Waals surface area contributed by atoms with Gasteiger partial charge in [-0.3, -0.25) is 10.1 Å². The summed E-state index contributed by atoms with van der Waals surface area (Å²) in [5, 5.41) is 16.9. The summed E-state index contributed by atoms with van der Waals surface area (Å²) < 4.78 is 10.8. The number of ether oxygens (including phenoxy) is 1. The number of aliphatic carboxylic acids is 1. The number of benzene rings is 3. The van der Waals surface area contributed by atoms with Crippen LogP contribution in [-0.4, -0.2) is 28.9 Å². The molecule has 3 aromatic carbocycles. The highest BCUT2D eigenvalue weighted by molar-refractivity contribution is 6.30. The van der Waals surface area contributed by atoms with Crippen molar-refractivity contribution >= 4 is 29.4 Å². The number of nitrogens with zero attached hydrogens (tertiary/aromatic N) is 1. The molecule has 0 saturated heterocycles. The molecule has 8 heteroatoms. The second-order valence-corrected chi connectivity index (χ2v) is 9.59. The minimum Gasteiger partial charge on any atom is -0.481 e. The zero-order chi connectivity index (χ0) is 26.0. The van der Waals surface area contributed by atoms with Crippen LogP contribution in [0.25, 0.3) is 22.5 Å². The summed E-state index contributed by atoms with van der Waals surface area (Å²) in [6.45, 7) is 1.95. The van der Waals surface area contributed by atoms with Gasteiger partial charge in [0.2, 0.25) is 0 Å². The molecule has 1 fully saturated rings. The molecule has 0 bridgehead atoms. The maximum atomic E-state index is 12.4. The Balaban J connectivity index is 1.24. The van der Waals surface area contributed by atoms with Gasteiger partial charge in [-0.25, -0.2) is 4.79 Å². The lowest BCUT2D eigenvalue weighted by Crippen LogP contribution is -2.19. The number of hydrogen-bond acceptors (Lipinski definition) is 5. The van der Waals surface area contributed by atoms with E-state index >= 15 is 0 Å².